The third-order valence-electron chi connectivity index (χ3n) is 5.08. The Bertz CT molecular complexity index is 766. The lowest BCUT2D eigenvalue weighted by Gasteiger charge is -2.35. The van der Waals surface area contributed by atoms with Crippen LogP contribution < -0.4 is 15.0 Å². The van der Waals surface area contributed by atoms with Gasteiger partial charge < -0.3 is 19.9 Å². The summed E-state index contributed by atoms with van der Waals surface area (Å²) in [5.74, 6) is 1.32. The van der Waals surface area contributed by atoms with Crippen LogP contribution in [0, 0.1) is 5.92 Å². The Kier molecular flexibility index (Phi) is 6.93. The minimum Gasteiger partial charge on any atom is -0.494 e. The molecular weight excluding hydrogens is 350 g/mol. The standard InChI is InChI=1S/C23H31N3O2/c1-18(2)12-17-28-20-10-8-19(9-11-20)23(27)24-21-6-4-5-7-22(21)26-15-13-25(3)14-16-26/h4-11,18H,12-17H2,1-3H3,(H,24,27). The highest BCUT2D eigenvalue weighted by atomic mass is 16.5. The van der Waals surface area contributed by atoms with E-state index in [1.807, 2.05) is 42.5 Å². The van der Waals surface area contributed by atoms with E-state index in [-0.39, 0.29) is 5.91 Å². The van der Waals surface area contributed by atoms with Crippen LogP contribution in [0.4, 0.5) is 11.4 Å². The van der Waals surface area contributed by atoms with Crippen molar-refractivity contribution < 1.29 is 9.53 Å². The Morgan fingerprint density at radius 1 is 1.04 bits per heavy atom. The molecule has 0 unspecified atom stereocenters. The average Bonchev–Trinajstić information content (AvgIpc) is 2.69. The number of nitrogens with one attached hydrogen (secondary N) is 1. The highest BCUT2D eigenvalue weighted by molar-refractivity contribution is 6.06. The molecule has 0 saturated carbocycles. The van der Waals surface area contributed by atoms with Gasteiger partial charge in [0.2, 0.25) is 0 Å². The number of carbonyl (C=O) groups is 1. The van der Waals surface area contributed by atoms with E-state index >= 15 is 0 Å². The fraction of sp³-hybridized carbons (Fsp3) is 0.435. The Morgan fingerprint density at radius 3 is 2.39 bits per heavy atom. The van der Waals surface area contributed by atoms with Gasteiger partial charge in [0.15, 0.2) is 0 Å². The van der Waals surface area contributed by atoms with Crippen molar-refractivity contribution in [1.29, 1.82) is 0 Å². The van der Waals surface area contributed by atoms with Gasteiger partial charge in [0.05, 0.1) is 18.0 Å². The number of likely N-dealkylation sites (N-methyl/N-ethyl adjacent to an activating group) is 1. The minimum atomic E-state index is -0.102. The lowest BCUT2D eigenvalue weighted by atomic mass is 10.1. The molecule has 0 aromatic heterocycles. The van der Waals surface area contributed by atoms with E-state index < -0.39 is 0 Å². The van der Waals surface area contributed by atoms with E-state index in [0.29, 0.717) is 18.1 Å². The SMILES string of the molecule is CC(C)CCOc1ccc(C(=O)Nc2ccccc2N2CCN(C)CC2)cc1. The van der Waals surface area contributed by atoms with Crippen molar-refractivity contribution in [3.05, 3.63) is 54.1 Å². The van der Waals surface area contributed by atoms with Gasteiger partial charge in [-0.1, -0.05) is 26.0 Å². The van der Waals surface area contributed by atoms with Gasteiger partial charge in [-0.25, -0.2) is 0 Å². The Hall–Kier alpha value is -2.53. The number of hydrogen-bond acceptors (Lipinski definition) is 4. The average molecular weight is 382 g/mol. The first kappa shape index (κ1) is 20.2. The van der Waals surface area contributed by atoms with E-state index in [9.17, 15) is 4.79 Å². The van der Waals surface area contributed by atoms with Crippen LogP contribution in [0.1, 0.15) is 30.6 Å². The van der Waals surface area contributed by atoms with Gasteiger partial charge in [0.25, 0.3) is 5.91 Å². The Balaban J connectivity index is 1.63. The van der Waals surface area contributed by atoms with Gasteiger partial charge >= 0.3 is 0 Å². The number of para-hydroxylation sites is 2. The van der Waals surface area contributed by atoms with E-state index in [2.05, 4.69) is 42.1 Å². The molecule has 1 aliphatic rings. The van der Waals surface area contributed by atoms with Gasteiger partial charge in [-0.15, -0.1) is 0 Å². The summed E-state index contributed by atoms with van der Waals surface area (Å²) < 4.78 is 5.73. The summed E-state index contributed by atoms with van der Waals surface area (Å²) in [5.41, 5.74) is 2.57. The zero-order valence-electron chi connectivity index (χ0n) is 17.1. The molecule has 5 nitrogen and oxygen atoms in total. The molecule has 5 heteroatoms. The third-order valence-corrected chi connectivity index (χ3v) is 5.08. The molecule has 2 aromatic carbocycles. The first-order valence-corrected chi connectivity index (χ1v) is 10.1. The molecule has 1 N–H and O–H groups in total. The number of piperazine rings is 1. The zero-order chi connectivity index (χ0) is 19.9. The number of hydrogen-bond donors (Lipinski definition) is 1. The van der Waals surface area contributed by atoms with Crippen molar-refractivity contribution in [1.82, 2.24) is 4.90 Å². The number of amides is 1. The van der Waals surface area contributed by atoms with Crippen molar-refractivity contribution in [3.63, 3.8) is 0 Å². The third kappa shape index (κ3) is 5.49. The maximum atomic E-state index is 12.7. The molecule has 0 aliphatic carbocycles. The van der Waals surface area contributed by atoms with Crippen LogP contribution in [-0.4, -0.2) is 50.6 Å². The monoisotopic (exact) mass is 381 g/mol. The quantitative estimate of drug-likeness (QED) is 0.784. The molecule has 0 spiro atoms. The maximum Gasteiger partial charge on any atom is 0.255 e. The van der Waals surface area contributed by atoms with Crippen molar-refractivity contribution >= 4 is 17.3 Å². The van der Waals surface area contributed by atoms with E-state index in [1.165, 1.54) is 0 Å². The first-order chi connectivity index (χ1) is 13.5. The highest BCUT2D eigenvalue weighted by Gasteiger charge is 2.18. The van der Waals surface area contributed by atoms with Crippen LogP contribution in [0.5, 0.6) is 5.75 Å². The lowest BCUT2D eigenvalue weighted by molar-refractivity contribution is 0.102. The normalized spacial score (nSPS) is 14.9. The molecule has 0 bridgehead atoms. The second-order valence-corrected chi connectivity index (χ2v) is 7.82. The number of nitrogens with zero attached hydrogens (tertiary/aromatic N) is 2. The Labute approximate surface area is 168 Å². The minimum absolute atomic E-state index is 0.102. The van der Waals surface area contributed by atoms with Crippen molar-refractivity contribution in [2.45, 2.75) is 20.3 Å². The smallest absolute Gasteiger partial charge is 0.255 e. The molecule has 0 atom stereocenters. The lowest BCUT2D eigenvalue weighted by Crippen LogP contribution is -2.44. The number of anilines is 2. The molecule has 1 heterocycles. The summed E-state index contributed by atoms with van der Waals surface area (Å²) in [6, 6.07) is 15.4. The molecule has 1 fully saturated rings. The first-order valence-electron chi connectivity index (χ1n) is 10.1. The number of carbonyl (C=O) groups excluding carboxylic acids is 1. The summed E-state index contributed by atoms with van der Waals surface area (Å²) in [7, 11) is 2.14. The van der Waals surface area contributed by atoms with Gasteiger partial charge in [-0.05, 0) is 55.8 Å². The van der Waals surface area contributed by atoms with E-state index in [0.717, 1.165) is 49.7 Å². The van der Waals surface area contributed by atoms with Crippen LogP contribution >= 0.6 is 0 Å². The fourth-order valence-corrected chi connectivity index (χ4v) is 3.21. The fourth-order valence-electron chi connectivity index (χ4n) is 3.21. The van der Waals surface area contributed by atoms with Crippen molar-refractivity contribution in [3.8, 4) is 5.75 Å². The second kappa shape index (κ2) is 9.60. The summed E-state index contributed by atoms with van der Waals surface area (Å²) in [4.78, 5) is 17.4. The number of rotatable bonds is 7. The van der Waals surface area contributed by atoms with Crippen molar-refractivity contribution in [2.24, 2.45) is 5.92 Å². The molecule has 1 aliphatic heterocycles. The molecule has 2 aromatic rings. The van der Waals surface area contributed by atoms with Gasteiger partial charge in [0.1, 0.15) is 5.75 Å². The predicted octanol–water partition coefficient (Wildman–Crippen LogP) is 4.12. The van der Waals surface area contributed by atoms with E-state index in [4.69, 9.17) is 4.74 Å². The zero-order valence-corrected chi connectivity index (χ0v) is 17.1. The van der Waals surface area contributed by atoms with Crippen LogP contribution in [0.2, 0.25) is 0 Å². The summed E-state index contributed by atoms with van der Waals surface area (Å²) in [6.07, 6.45) is 1.02. The molecule has 1 amide bonds. The van der Waals surface area contributed by atoms with Crippen LogP contribution in [0.25, 0.3) is 0 Å². The van der Waals surface area contributed by atoms with Crippen LogP contribution in [0.3, 0.4) is 0 Å². The molecule has 1 saturated heterocycles. The van der Waals surface area contributed by atoms with Gasteiger partial charge in [-0.3, -0.25) is 4.79 Å². The van der Waals surface area contributed by atoms with Gasteiger partial charge in [0, 0.05) is 31.7 Å². The molecule has 28 heavy (non-hydrogen) atoms. The largest absolute Gasteiger partial charge is 0.494 e. The highest BCUT2D eigenvalue weighted by Crippen LogP contribution is 2.27. The number of ether oxygens (including phenoxy) is 1. The molecule has 3 rings (SSSR count). The molecular formula is C23H31N3O2. The predicted molar refractivity (Wildman–Crippen MR) is 115 cm³/mol. The van der Waals surface area contributed by atoms with Gasteiger partial charge in [-0.2, -0.15) is 0 Å². The molecule has 0 radical (unpaired) electrons. The summed E-state index contributed by atoms with van der Waals surface area (Å²) in [6.45, 7) is 9.04. The topological polar surface area (TPSA) is 44.8 Å². The summed E-state index contributed by atoms with van der Waals surface area (Å²) >= 11 is 0. The van der Waals surface area contributed by atoms with E-state index in [1.54, 1.807) is 0 Å². The second-order valence-electron chi connectivity index (χ2n) is 7.82. The number of benzene rings is 2. The van der Waals surface area contributed by atoms with Crippen LogP contribution in [-0.2, 0) is 0 Å². The Morgan fingerprint density at radius 2 is 1.71 bits per heavy atom. The van der Waals surface area contributed by atoms with Crippen LogP contribution in [0.15, 0.2) is 48.5 Å². The van der Waals surface area contributed by atoms with Crippen molar-refractivity contribution in [2.75, 3.05) is 50.1 Å². The maximum absolute atomic E-state index is 12.7. The summed E-state index contributed by atoms with van der Waals surface area (Å²) in [5, 5.41) is 3.08. The molecule has 150 valence electrons.